The molecule has 1 aromatic rings. The van der Waals surface area contributed by atoms with E-state index in [-0.39, 0.29) is 40.7 Å². The molecule has 1 aromatic carbocycles. The molecular weight excluding hydrogens is 387 g/mol. The lowest BCUT2D eigenvalue weighted by molar-refractivity contribution is -0.150. The number of halogens is 3. The highest BCUT2D eigenvalue weighted by molar-refractivity contribution is 6.40. The summed E-state index contributed by atoms with van der Waals surface area (Å²) in [5.74, 6) is -0.254. The fourth-order valence-electron chi connectivity index (χ4n) is 2.96. The van der Waals surface area contributed by atoms with Crippen molar-refractivity contribution in [2.24, 2.45) is 5.92 Å². The van der Waals surface area contributed by atoms with Gasteiger partial charge in [-0.3, -0.25) is 9.59 Å². The van der Waals surface area contributed by atoms with Gasteiger partial charge in [0.25, 0.3) is 0 Å². The first-order valence-corrected chi connectivity index (χ1v) is 9.55. The van der Waals surface area contributed by atoms with Crippen LogP contribution >= 0.6 is 34.8 Å². The Morgan fingerprint density at radius 3 is 2.24 bits per heavy atom. The fraction of sp³-hybridized carbons (Fsp3) is 0.556. The highest BCUT2D eigenvalue weighted by Crippen LogP contribution is 2.36. The van der Waals surface area contributed by atoms with Crippen LogP contribution in [0.25, 0.3) is 0 Å². The summed E-state index contributed by atoms with van der Waals surface area (Å²) in [5.41, 5.74) is 0. The molecule has 1 aliphatic carbocycles. The highest BCUT2D eigenvalue weighted by atomic mass is 35.5. The maximum atomic E-state index is 11.9. The molecule has 1 unspecified atom stereocenters. The molecule has 1 saturated carbocycles. The van der Waals surface area contributed by atoms with Crippen LogP contribution in [0, 0.1) is 5.92 Å². The summed E-state index contributed by atoms with van der Waals surface area (Å²) >= 11 is 17.7. The number of carbonyl (C=O) groups is 2. The third-order valence-corrected chi connectivity index (χ3v) is 5.10. The molecule has 25 heavy (non-hydrogen) atoms. The van der Waals surface area contributed by atoms with Gasteiger partial charge in [0.1, 0.15) is 6.10 Å². The predicted molar refractivity (Wildman–Crippen MR) is 98.5 cm³/mol. The van der Waals surface area contributed by atoms with Crippen LogP contribution in [0.2, 0.25) is 15.1 Å². The first-order chi connectivity index (χ1) is 11.9. The van der Waals surface area contributed by atoms with Gasteiger partial charge in [0, 0.05) is 17.9 Å². The van der Waals surface area contributed by atoms with Crippen LogP contribution in [0.1, 0.15) is 51.9 Å². The summed E-state index contributed by atoms with van der Waals surface area (Å²) in [5, 5.41) is 0.681. The second kappa shape index (κ2) is 9.65. The zero-order valence-electron chi connectivity index (χ0n) is 14.0. The SMILES string of the molecule is CC(OC(=O)CCCC(=O)Oc1c(Cl)cc(Cl)cc1Cl)C1CCCC1. The zero-order chi connectivity index (χ0) is 18.4. The number of rotatable bonds is 7. The third-order valence-electron chi connectivity index (χ3n) is 4.32. The minimum absolute atomic E-state index is 0.0615. The topological polar surface area (TPSA) is 52.6 Å². The minimum atomic E-state index is -0.511. The number of carbonyl (C=O) groups excluding carboxylic acids is 2. The summed E-state index contributed by atoms with van der Waals surface area (Å²) in [7, 11) is 0. The van der Waals surface area contributed by atoms with E-state index in [0.29, 0.717) is 17.4 Å². The first-order valence-electron chi connectivity index (χ1n) is 8.41. The third kappa shape index (κ3) is 6.36. The lowest BCUT2D eigenvalue weighted by Gasteiger charge is -2.19. The van der Waals surface area contributed by atoms with E-state index >= 15 is 0 Å². The van der Waals surface area contributed by atoms with E-state index in [1.807, 2.05) is 6.92 Å². The van der Waals surface area contributed by atoms with Crippen molar-refractivity contribution in [1.29, 1.82) is 0 Å². The quantitative estimate of drug-likeness (QED) is 0.420. The van der Waals surface area contributed by atoms with Gasteiger partial charge >= 0.3 is 11.9 Å². The Balaban J connectivity index is 1.72. The van der Waals surface area contributed by atoms with Crippen molar-refractivity contribution >= 4 is 46.7 Å². The summed E-state index contributed by atoms with van der Waals surface area (Å²) in [6, 6.07) is 2.89. The molecule has 0 heterocycles. The number of hydrogen-bond donors (Lipinski definition) is 0. The molecule has 2 rings (SSSR count). The van der Waals surface area contributed by atoms with E-state index in [9.17, 15) is 9.59 Å². The molecular formula is C18H21Cl3O4. The van der Waals surface area contributed by atoms with Crippen molar-refractivity contribution in [2.75, 3.05) is 0 Å². The Morgan fingerprint density at radius 1 is 1.08 bits per heavy atom. The maximum Gasteiger partial charge on any atom is 0.311 e. The standard InChI is InChI=1S/C18H21Cl3O4/c1-11(12-5-2-3-6-12)24-16(22)7-4-8-17(23)25-18-14(20)9-13(19)10-15(18)21/h9-12H,2-8H2,1H3. The number of benzene rings is 1. The monoisotopic (exact) mass is 406 g/mol. The van der Waals surface area contributed by atoms with E-state index < -0.39 is 5.97 Å². The molecule has 138 valence electrons. The first kappa shape index (κ1) is 20.3. The lowest BCUT2D eigenvalue weighted by atomic mass is 10.0. The number of hydrogen-bond acceptors (Lipinski definition) is 4. The molecule has 7 heteroatoms. The molecule has 0 N–H and O–H groups in total. The van der Waals surface area contributed by atoms with Gasteiger partial charge in [-0.2, -0.15) is 0 Å². The Labute approximate surface area is 162 Å². The fourth-order valence-corrected chi connectivity index (χ4v) is 3.85. The van der Waals surface area contributed by atoms with Crippen LogP contribution in [-0.4, -0.2) is 18.0 Å². The van der Waals surface area contributed by atoms with Crippen LogP contribution in [0.5, 0.6) is 5.75 Å². The van der Waals surface area contributed by atoms with Gasteiger partial charge in [-0.25, -0.2) is 0 Å². The second-order valence-corrected chi connectivity index (χ2v) is 7.52. The van der Waals surface area contributed by atoms with Crippen molar-refractivity contribution in [3.63, 3.8) is 0 Å². The largest absolute Gasteiger partial charge is 0.462 e. The maximum absolute atomic E-state index is 11.9. The Bertz CT molecular complexity index is 604. The molecule has 0 spiro atoms. The van der Waals surface area contributed by atoms with E-state index in [1.54, 1.807) is 0 Å². The van der Waals surface area contributed by atoms with Crippen LogP contribution in [0.3, 0.4) is 0 Å². The van der Waals surface area contributed by atoms with Gasteiger partial charge in [0.15, 0.2) is 5.75 Å². The molecule has 0 bridgehead atoms. The lowest BCUT2D eigenvalue weighted by Crippen LogP contribution is -2.22. The molecule has 0 saturated heterocycles. The van der Waals surface area contributed by atoms with E-state index in [0.717, 1.165) is 12.8 Å². The predicted octanol–water partition coefficient (Wildman–Crippen LogP) is 5.84. The molecule has 1 fully saturated rings. The summed E-state index contributed by atoms with van der Waals surface area (Å²) in [4.78, 5) is 23.8. The highest BCUT2D eigenvalue weighted by Gasteiger charge is 2.24. The molecule has 1 atom stereocenters. The average Bonchev–Trinajstić information content (AvgIpc) is 3.05. The average molecular weight is 408 g/mol. The van der Waals surface area contributed by atoms with Crippen LogP contribution in [0.15, 0.2) is 12.1 Å². The molecule has 0 aliphatic heterocycles. The normalized spacial score (nSPS) is 15.8. The van der Waals surface area contributed by atoms with E-state index in [2.05, 4.69) is 0 Å². The number of esters is 2. The van der Waals surface area contributed by atoms with E-state index in [4.69, 9.17) is 44.3 Å². The van der Waals surface area contributed by atoms with Gasteiger partial charge in [-0.1, -0.05) is 47.6 Å². The second-order valence-electron chi connectivity index (χ2n) is 6.27. The van der Waals surface area contributed by atoms with Gasteiger partial charge in [0.2, 0.25) is 0 Å². The summed E-state index contributed by atoms with van der Waals surface area (Å²) in [6.07, 6.45) is 5.16. The zero-order valence-corrected chi connectivity index (χ0v) is 16.3. The van der Waals surface area contributed by atoms with Gasteiger partial charge in [0.05, 0.1) is 10.0 Å². The van der Waals surface area contributed by atoms with Crippen molar-refractivity contribution in [1.82, 2.24) is 0 Å². The molecule has 1 aliphatic rings. The van der Waals surface area contributed by atoms with Crippen molar-refractivity contribution in [3.05, 3.63) is 27.2 Å². The number of ether oxygens (including phenoxy) is 2. The minimum Gasteiger partial charge on any atom is -0.462 e. The van der Waals surface area contributed by atoms with Crippen molar-refractivity contribution < 1.29 is 19.1 Å². The summed E-state index contributed by atoms with van der Waals surface area (Å²) < 4.78 is 10.6. The van der Waals surface area contributed by atoms with Crippen LogP contribution < -0.4 is 4.74 Å². The van der Waals surface area contributed by atoms with Crippen molar-refractivity contribution in [3.8, 4) is 5.75 Å². The van der Waals surface area contributed by atoms with Gasteiger partial charge < -0.3 is 9.47 Å². The Hall–Kier alpha value is -0.970. The van der Waals surface area contributed by atoms with Crippen LogP contribution in [-0.2, 0) is 14.3 Å². The Morgan fingerprint density at radius 2 is 1.64 bits per heavy atom. The van der Waals surface area contributed by atoms with Crippen molar-refractivity contribution in [2.45, 2.75) is 58.0 Å². The summed E-state index contributed by atoms with van der Waals surface area (Å²) in [6.45, 7) is 1.94. The molecule has 0 amide bonds. The van der Waals surface area contributed by atoms with Crippen LogP contribution in [0.4, 0.5) is 0 Å². The molecule has 0 aromatic heterocycles. The van der Waals surface area contributed by atoms with E-state index in [1.165, 1.54) is 25.0 Å². The smallest absolute Gasteiger partial charge is 0.311 e. The van der Waals surface area contributed by atoms with Gasteiger partial charge in [-0.15, -0.1) is 0 Å². The Kier molecular flexibility index (Phi) is 7.85. The molecule has 4 nitrogen and oxygen atoms in total. The molecule has 0 radical (unpaired) electrons. The van der Waals surface area contributed by atoms with Gasteiger partial charge in [-0.05, 0) is 44.2 Å².